The summed E-state index contributed by atoms with van der Waals surface area (Å²) < 4.78 is 1.45. The lowest BCUT2D eigenvalue weighted by molar-refractivity contribution is -0.384. The minimum Gasteiger partial charge on any atom is -0.380 e. The molecular formula is C16H15N3O4. The molecule has 0 fully saturated rings. The molecule has 0 amide bonds. The van der Waals surface area contributed by atoms with Gasteiger partial charge in [0, 0.05) is 30.5 Å². The number of hydrogen-bond acceptors (Lipinski definition) is 5. The summed E-state index contributed by atoms with van der Waals surface area (Å²) in [4.78, 5) is 26.8. The maximum absolute atomic E-state index is 12.0. The van der Waals surface area contributed by atoms with Crippen LogP contribution in [0.25, 0.3) is 5.69 Å². The van der Waals surface area contributed by atoms with Crippen molar-refractivity contribution in [1.29, 1.82) is 0 Å². The zero-order valence-electron chi connectivity index (χ0n) is 12.3. The Balaban J connectivity index is 2.05. The van der Waals surface area contributed by atoms with Gasteiger partial charge in [-0.15, -0.1) is 0 Å². The van der Waals surface area contributed by atoms with Crippen LogP contribution in [0.2, 0.25) is 0 Å². The molecule has 1 N–H and O–H groups in total. The quantitative estimate of drug-likeness (QED) is 0.690. The number of imidazole rings is 1. The summed E-state index contributed by atoms with van der Waals surface area (Å²) in [5.41, 5.74) is 0.512. The van der Waals surface area contributed by atoms with Crippen LogP contribution in [0.15, 0.2) is 48.3 Å². The summed E-state index contributed by atoms with van der Waals surface area (Å²) in [6, 6.07) is 6.20. The van der Waals surface area contributed by atoms with Gasteiger partial charge in [-0.3, -0.25) is 19.5 Å². The lowest BCUT2D eigenvalue weighted by atomic mass is 9.93. The normalized spacial score (nSPS) is 16.0. The Morgan fingerprint density at radius 3 is 2.87 bits per heavy atom. The summed E-state index contributed by atoms with van der Waals surface area (Å²) in [5, 5.41) is 21.7. The Labute approximate surface area is 132 Å². The number of nitro benzene ring substituents is 1. The van der Waals surface area contributed by atoms with Gasteiger partial charge in [0.15, 0.2) is 5.78 Å². The molecule has 23 heavy (non-hydrogen) atoms. The van der Waals surface area contributed by atoms with Crippen molar-refractivity contribution in [1.82, 2.24) is 9.55 Å². The van der Waals surface area contributed by atoms with Gasteiger partial charge in [-0.1, -0.05) is 18.2 Å². The van der Waals surface area contributed by atoms with Crippen LogP contribution in [0.1, 0.15) is 31.2 Å². The van der Waals surface area contributed by atoms with Crippen molar-refractivity contribution in [3.05, 3.63) is 64.2 Å². The van der Waals surface area contributed by atoms with Crippen LogP contribution in [-0.2, 0) is 4.79 Å². The molecule has 0 radical (unpaired) electrons. The second-order valence-electron chi connectivity index (χ2n) is 5.28. The third-order valence-electron chi connectivity index (χ3n) is 3.84. The molecule has 1 unspecified atom stereocenters. The number of aromatic nitrogens is 2. The molecule has 0 bridgehead atoms. The van der Waals surface area contributed by atoms with E-state index in [0.717, 1.165) is 12.8 Å². The molecule has 1 atom stereocenters. The van der Waals surface area contributed by atoms with E-state index in [1.54, 1.807) is 24.3 Å². The number of benzene rings is 1. The highest BCUT2D eigenvalue weighted by molar-refractivity contribution is 5.97. The molecule has 0 saturated carbocycles. The molecule has 0 aliphatic heterocycles. The van der Waals surface area contributed by atoms with Crippen LogP contribution in [0.4, 0.5) is 5.69 Å². The van der Waals surface area contributed by atoms with Crippen molar-refractivity contribution in [2.24, 2.45) is 0 Å². The molecule has 1 aromatic heterocycles. The fraction of sp³-hybridized carbons (Fsp3) is 0.250. The van der Waals surface area contributed by atoms with Gasteiger partial charge in [0.1, 0.15) is 17.6 Å². The largest absolute Gasteiger partial charge is 0.380 e. The van der Waals surface area contributed by atoms with E-state index in [1.807, 2.05) is 0 Å². The molecule has 2 aromatic rings. The zero-order valence-corrected chi connectivity index (χ0v) is 12.3. The van der Waals surface area contributed by atoms with Crippen LogP contribution in [0, 0.1) is 10.1 Å². The first-order chi connectivity index (χ1) is 11.1. The van der Waals surface area contributed by atoms with Gasteiger partial charge in [0.25, 0.3) is 5.69 Å². The first-order valence-corrected chi connectivity index (χ1v) is 7.28. The predicted molar refractivity (Wildman–Crippen MR) is 82.1 cm³/mol. The molecule has 7 heteroatoms. The molecule has 0 spiro atoms. The lowest BCUT2D eigenvalue weighted by Crippen LogP contribution is -2.18. The Morgan fingerprint density at radius 1 is 1.35 bits per heavy atom. The smallest absolute Gasteiger partial charge is 0.293 e. The van der Waals surface area contributed by atoms with Gasteiger partial charge >= 0.3 is 0 Å². The number of para-hydroxylation sites is 2. The number of aliphatic hydroxyl groups excluding tert-OH is 1. The fourth-order valence-electron chi connectivity index (χ4n) is 2.72. The van der Waals surface area contributed by atoms with Crippen molar-refractivity contribution in [3.8, 4) is 5.69 Å². The molecule has 3 rings (SSSR count). The number of rotatable bonds is 4. The van der Waals surface area contributed by atoms with E-state index in [1.165, 1.54) is 23.0 Å². The van der Waals surface area contributed by atoms with E-state index in [4.69, 9.17) is 0 Å². The molecule has 1 aliphatic rings. The first kappa shape index (κ1) is 15.1. The number of aliphatic hydroxyl groups is 1. The van der Waals surface area contributed by atoms with Crippen molar-refractivity contribution in [2.75, 3.05) is 0 Å². The van der Waals surface area contributed by atoms with E-state index in [-0.39, 0.29) is 17.3 Å². The zero-order chi connectivity index (χ0) is 16.4. The van der Waals surface area contributed by atoms with E-state index in [9.17, 15) is 20.0 Å². The van der Waals surface area contributed by atoms with Gasteiger partial charge in [0.2, 0.25) is 0 Å². The van der Waals surface area contributed by atoms with Crippen molar-refractivity contribution in [2.45, 2.75) is 25.4 Å². The van der Waals surface area contributed by atoms with Crippen LogP contribution in [0.3, 0.4) is 0 Å². The van der Waals surface area contributed by atoms with Crippen molar-refractivity contribution in [3.63, 3.8) is 0 Å². The Bertz CT molecular complexity index is 794. The fourth-order valence-corrected chi connectivity index (χ4v) is 2.72. The van der Waals surface area contributed by atoms with E-state index < -0.39 is 11.0 Å². The second kappa shape index (κ2) is 6.13. The number of allylic oxidation sites excluding steroid dienone is 1. The molecule has 1 heterocycles. The Hall–Kier alpha value is -2.80. The molecule has 118 valence electrons. The summed E-state index contributed by atoms with van der Waals surface area (Å²) in [7, 11) is 0. The minimum absolute atomic E-state index is 0.0945. The highest BCUT2D eigenvalue weighted by Crippen LogP contribution is 2.30. The standard InChI is InChI=1S/C16H15N3O4/c20-14-8-4-1-5-11(14)15(21)16-17-9-10-18(16)12-6-2-3-7-13(12)19(22)23/h2-3,5-7,9-10,15,21H,1,4,8H2. The molecule has 0 saturated heterocycles. The van der Waals surface area contributed by atoms with Crippen molar-refractivity contribution < 1.29 is 14.8 Å². The minimum atomic E-state index is -1.20. The van der Waals surface area contributed by atoms with Gasteiger partial charge in [0.05, 0.1) is 4.92 Å². The number of hydrogen-bond donors (Lipinski definition) is 1. The Morgan fingerprint density at radius 2 is 2.13 bits per heavy atom. The average molecular weight is 313 g/mol. The highest BCUT2D eigenvalue weighted by atomic mass is 16.6. The average Bonchev–Trinajstić information content (AvgIpc) is 3.04. The number of ketones is 1. The monoisotopic (exact) mass is 313 g/mol. The molecule has 1 aliphatic carbocycles. The van der Waals surface area contributed by atoms with Crippen LogP contribution in [0.5, 0.6) is 0 Å². The molecular weight excluding hydrogens is 298 g/mol. The van der Waals surface area contributed by atoms with E-state index in [0.29, 0.717) is 17.7 Å². The number of carbonyl (C=O) groups excluding carboxylic acids is 1. The summed E-state index contributed by atoms with van der Waals surface area (Å²) in [6.07, 6.45) is 5.40. The summed E-state index contributed by atoms with van der Waals surface area (Å²) in [6.45, 7) is 0. The van der Waals surface area contributed by atoms with Gasteiger partial charge in [-0.05, 0) is 18.9 Å². The number of nitro groups is 1. The predicted octanol–water partition coefficient (Wildman–Crippen LogP) is 2.49. The summed E-state index contributed by atoms with van der Waals surface area (Å²) >= 11 is 0. The molecule has 7 nitrogen and oxygen atoms in total. The Kier molecular flexibility index (Phi) is 4.03. The molecule has 1 aromatic carbocycles. The third kappa shape index (κ3) is 2.78. The van der Waals surface area contributed by atoms with Gasteiger partial charge < -0.3 is 5.11 Å². The number of Topliss-reactive ketones (excluding diaryl/α,β-unsaturated/α-hetero) is 1. The third-order valence-corrected chi connectivity index (χ3v) is 3.84. The van der Waals surface area contributed by atoms with E-state index in [2.05, 4.69) is 4.98 Å². The maximum Gasteiger partial charge on any atom is 0.293 e. The summed E-state index contributed by atoms with van der Waals surface area (Å²) in [5.74, 6) is 0.0849. The lowest BCUT2D eigenvalue weighted by Gasteiger charge is -2.18. The maximum atomic E-state index is 12.0. The van der Waals surface area contributed by atoms with Crippen molar-refractivity contribution >= 4 is 11.5 Å². The topological polar surface area (TPSA) is 98.3 Å². The second-order valence-corrected chi connectivity index (χ2v) is 5.28. The van der Waals surface area contributed by atoms with Crippen LogP contribution < -0.4 is 0 Å². The van der Waals surface area contributed by atoms with Crippen LogP contribution in [-0.4, -0.2) is 25.4 Å². The van der Waals surface area contributed by atoms with Crippen LogP contribution >= 0.6 is 0 Å². The van der Waals surface area contributed by atoms with Gasteiger partial charge in [-0.25, -0.2) is 4.98 Å². The number of nitrogens with zero attached hydrogens (tertiary/aromatic N) is 3. The van der Waals surface area contributed by atoms with Gasteiger partial charge in [-0.2, -0.15) is 0 Å². The number of carbonyl (C=O) groups is 1. The SMILES string of the molecule is O=C1CCCC=C1C(O)c1nccn1-c1ccccc1[N+](=O)[O-]. The van der Waals surface area contributed by atoms with E-state index >= 15 is 0 Å². The highest BCUT2D eigenvalue weighted by Gasteiger charge is 2.27. The first-order valence-electron chi connectivity index (χ1n) is 7.28.